The SMILES string of the molecule is O=C1Nc2ccccc2C1(O)c1ccco1. The van der Waals surface area contributed by atoms with Crippen molar-refractivity contribution >= 4 is 11.6 Å². The summed E-state index contributed by atoms with van der Waals surface area (Å²) in [5, 5.41) is 13.1. The van der Waals surface area contributed by atoms with Crippen LogP contribution in [0.2, 0.25) is 0 Å². The molecule has 1 aromatic carbocycles. The number of nitrogens with one attached hydrogen (secondary N) is 1. The first-order valence-corrected chi connectivity index (χ1v) is 4.90. The van der Waals surface area contributed by atoms with Crippen molar-refractivity contribution in [2.24, 2.45) is 0 Å². The zero-order chi connectivity index (χ0) is 11.2. The van der Waals surface area contributed by atoms with Gasteiger partial charge in [0.2, 0.25) is 5.60 Å². The second kappa shape index (κ2) is 2.96. The van der Waals surface area contributed by atoms with Crippen molar-refractivity contribution in [1.82, 2.24) is 0 Å². The fourth-order valence-electron chi connectivity index (χ4n) is 1.97. The molecule has 3 rings (SSSR count). The summed E-state index contributed by atoms with van der Waals surface area (Å²) >= 11 is 0. The molecule has 16 heavy (non-hydrogen) atoms. The van der Waals surface area contributed by atoms with Gasteiger partial charge in [-0.2, -0.15) is 0 Å². The molecule has 1 aliphatic rings. The van der Waals surface area contributed by atoms with Crippen LogP contribution < -0.4 is 5.32 Å². The van der Waals surface area contributed by atoms with Crippen molar-refractivity contribution in [3.63, 3.8) is 0 Å². The number of para-hydroxylation sites is 1. The topological polar surface area (TPSA) is 62.5 Å². The third-order valence-electron chi connectivity index (χ3n) is 2.77. The molecule has 0 saturated carbocycles. The summed E-state index contributed by atoms with van der Waals surface area (Å²) in [5.41, 5.74) is -0.568. The van der Waals surface area contributed by atoms with E-state index in [1.54, 1.807) is 36.4 Å². The first-order valence-electron chi connectivity index (χ1n) is 4.90. The van der Waals surface area contributed by atoms with Crippen molar-refractivity contribution in [2.45, 2.75) is 5.60 Å². The molecule has 1 aliphatic heterocycles. The number of anilines is 1. The normalized spacial score (nSPS) is 22.9. The van der Waals surface area contributed by atoms with E-state index in [1.165, 1.54) is 6.26 Å². The highest BCUT2D eigenvalue weighted by molar-refractivity contribution is 6.06. The van der Waals surface area contributed by atoms with Gasteiger partial charge in [-0.05, 0) is 18.2 Å². The van der Waals surface area contributed by atoms with Crippen LogP contribution in [-0.4, -0.2) is 11.0 Å². The number of hydrogen-bond donors (Lipinski definition) is 2. The molecular formula is C12H9NO3. The first-order chi connectivity index (χ1) is 7.73. The van der Waals surface area contributed by atoms with E-state index in [0.29, 0.717) is 11.3 Å². The summed E-state index contributed by atoms with van der Waals surface area (Å²) in [6, 6.07) is 10.2. The Kier molecular flexibility index (Phi) is 1.70. The zero-order valence-electron chi connectivity index (χ0n) is 8.31. The van der Waals surface area contributed by atoms with Crippen LogP contribution in [0.15, 0.2) is 47.1 Å². The molecule has 1 aromatic heterocycles. The van der Waals surface area contributed by atoms with Crippen molar-refractivity contribution in [1.29, 1.82) is 0 Å². The Morgan fingerprint density at radius 3 is 2.75 bits per heavy atom. The number of rotatable bonds is 1. The van der Waals surface area contributed by atoms with E-state index in [1.807, 2.05) is 0 Å². The number of carbonyl (C=O) groups is 1. The fourth-order valence-corrected chi connectivity index (χ4v) is 1.97. The van der Waals surface area contributed by atoms with Crippen molar-refractivity contribution < 1.29 is 14.3 Å². The number of carbonyl (C=O) groups excluding carboxylic acids is 1. The summed E-state index contributed by atoms with van der Waals surface area (Å²) in [6.45, 7) is 0. The monoisotopic (exact) mass is 215 g/mol. The van der Waals surface area contributed by atoms with Crippen molar-refractivity contribution in [2.75, 3.05) is 5.32 Å². The maximum Gasteiger partial charge on any atom is 0.269 e. The molecule has 1 unspecified atom stereocenters. The molecule has 2 heterocycles. The van der Waals surface area contributed by atoms with E-state index in [9.17, 15) is 9.90 Å². The minimum Gasteiger partial charge on any atom is -0.465 e. The summed E-state index contributed by atoms with van der Waals surface area (Å²) in [5.74, 6) is -0.251. The van der Waals surface area contributed by atoms with Crippen LogP contribution in [0.25, 0.3) is 0 Å². The lowest BCUT2D eigenvalue weighted by molar-refractivity contribution is -0.131. The number of furan rings is 1. The van der Waals surface area contributed by atoms with Crippen molar-refractivity contribution in [3.05, 3.63) is 54.0 Å². The van der Waals surface area contributed by atoms with Gasteiger partial charge in [0.05, 0.1) is 6.26 Å². The summed E-state index contributed by atoms with van der Waals surface area (Å²) < 4.78 is 5.14. The Morgan fingerprint density at radius 1 is 1.19 bits per heavy atom. The highest BCUT2D eigenvalue weighted by Gasteiger charge is 2.48. The molecule has 0 aliphatic carbocycles. The molecule has 1 amide bonds. The molecule has 4 heteroatoms. The molecule has 0 spiro atoms. The maximum atomic E-state index is 11.8. The second-order valence-corrected chi connectivity index (χ2v) is 3.69. The highest BCUT2D eigenvalue weighted by atomic mass is 16.4. The Balaban J connectivity index is 2.25. The molecule has 0 saturated heterocycles. The quantitative estimate of drug-likeness (QED) is 0.757. The molecule has 80 valence electrons. The average Bonchev–Trinajstić information content (AvgIpc) is 2.89. The number of aliphatic hydroxyl groups is 1. The third-order valence-corrected chi connectivity index (χ3v) is 2.77. The van der Waals surface area contributed by atoms with E-state index >= 15 is 0 Å². The largest absolute Gasteiger partial charge is 0.465 e. The first kappa shape index (κ1) is 9.18. The summed E-state index contributed by atoms with van der Waals surface area (Å²) in [6.07, 6.45) is 1.43. The van der Waals surface area contributed by atoms with Gasteiger partial charge in [0.25, 0.3) is 5.91 Å². The molecule has 0 fully saturated rings. The van der Waals surface area contributed by atoms with E-state index in [-0.39, 0.29) is 5.76 Å². The number of fused-ring (bicyclic) bond motifs is 1. The predicted octanol–water partition coefficient (Wildman–Crippen LogP) is 1.47. The van der Waals surface area contributed by atoms with Crippen LogP contribution in [0.5, 0.6) is 0 Å². The van der Waals surface area contributed by atoms with Crippen LogP contribution in [0.3, 0.4) is 0 Å². The minimum absolute atomic E-state index is 0.231. The zero-order valence-corrected chi connectivity index (χ0v) is 8.31. The van der Waals surface area contributed by atoms with Gasteiger partial charge >= 0.3 is 0 Å². The Bertz CT molecular complexity index is 547. The van der Waals surface area contributed by atoms with Gasteiger partial charge in [0.1, 0.15) is 5.76 Å². The molecular weight excluding hydrogens is 206 g/mol. The average molecular weight is 215 g/mol. The molecule has 2 aromatic rings. The summed E-state index contributed by atoms with van der Waals surface area (Å²) in [7, 11) is 0. The van der Waals surface area contributed by atoms with Gasteiger partial charge in [0, 0.05) is 11.3 Å². The van der Waals surface area contributed by atoms with E-state index in [4.69, 9.17) is 4.42 Å². The Labute approximate surface area is 91.5 Å². The third kappa shape index (κ3) is 0.991. The summed E-state index contributed by atoms with van der Waals surface area (Å²) in [4.78, 5) is 11.8. The van der Waals surface area contributed by atoms with Gasteiger partial charge in [-0.3, -0.25) is 4.79 Å². The second-order valence-electron chi connectivity index (χ2n) is 3.69. The van der Waals surface area contributed by atoms with Gasteiger partial charge in [-0.25, -0.2) is 0 Å². The molecule has 2 N–H and O–H groups in total. The number of amides is 1. The smallest absolute Gasteiger partial charge is 0.269 e. The Hall–Kier alpha value is -2.07. The fraction of sp³-hybridized carbons (Fsp3) is 0.0833. The lowest BCUT2D eigenvalue weighted by Crippen LogP contribution is -2.34. The highest BCUT2D eigenvalue weighted by Crippen LogP contribution is 2.40. The lowest BCUT2D eigenvalue weighted by Gasteiger charge is -2.17. The van der Waals surface area contributed by atoms with Gasteiger partial charge in [-0.15, -0.1) is 0 Å². The van der Waals surface area contributed by atoms with Crippen LogP contribution >= 0.6 is 0 Å². The van der Waals surface area contributed by atoms with E-state index in [0.717, 1.165) is 0 Å². The molecule has 0 bridgehead atoms. The van der Waals surface area contributed by atoms with Gasteiger partial charge in [0.15, 0.2) is 0 Å². The number of hydrogen-bond acceptors (Lipinski definition) is 3. The van der Waals surface area contributed by atoms with Crippen LogP contribution in [0.1, 0.15) is 11.3 Å². The molecule has 1 atom stereocenters. The predicted molar refractivity (Wildman–Crippen MR) is 56.8 cm³/mol. The standard InChI is InChI=1S/C12H9NO3/c14-11-12(15,10-6-3-7-16-10)8-4-1-2-5-9(8)13-11/h1-7,15H,(H,13,14). The maximum absolute atomic E-state index is 11.8. The molecule has 0 radical (unpaired) electrons. The lowest BCUT2D eigenvalue weighted by atomic mass is 9.93. The molecule has 4 nitrogen and oxygen atoms in total. The minimum atomic E-state index is -1.71. The van der Waals surface area contributed by atoms with Crippen LogP contribution in [0.4, 0.5) is 5.69 Å². The van der Waals surface area contributed by atoms with Crippen LogP contribution in [-0.2, 0) is 10.4 Å². The number of benzene rings is 1. The Morgan fingerprint density at radius 2 is 2.00 bits per heavy atom. The van der Waals surface area contributed by atoms with Gasteiger partial charge < -0.3 is 14.8 Å². The van der Waals surface area contributed by atoms with E-state index < -0.39 is 11.5 Å². The van der Waals surface area contributed by atoms with E-state index in [2.05, 4.69) is 5.32 Å². The van der Waals surface area contributed by atoms with Crippen LogP contribution in [0, 0.1) is 0 Å². The van der Waals surface area contributed by atoms with Crippen molar-refractivity contribution in [3.8, 4) is 0 Å². The van der Waals surface area contributed by atoms with Gasteiger partial charge in [-0.1, -0.05) is 18.2 Å².